The lowest BCUT2D eigenvalue weighted by Crippen LogP contribution is -2.50. The molecular formula is C23H33ClN8O2. The Kier molecular flexibility index (Phi) is 7.01. The molecule has 1 fully saturated rings. The first kappa shape index (κ1) is 24.3. The fraction of sp³-hybridized carbons (Fsp3) is 0.522. The zero-order valence-electron chi connectivity index (χ0n) is 20.0. The molecule has 2 heterocycles. The molecule has 1 aliphatic carbocycles. The SMILES string of the molecule is CC(C)N1NN(C(C)C)c2c(Nc3ccc(C(=O)O)c(Cl)c3)nc(NC3CCC(N)CC3)nc21. The van der Waals surface area contributed by atoms with Crippen LogP contribution >= 0.6 is 11.6 Å². The highest BCUT2D eigenvalue weighted by atomic mass is 35.5. The number of anilines is 5. The number of fused-ring (bicyclic) bond motifs is 1. The maximum atomic E-state index is 11.4. The fourth-order valence-corrected chi connectivity index (χ4v) is 4.54. The summed E-state index contributed by atoms with van der Waals surface area (Å²) < 4.78 is 0. The average Bonchev–Trinajstić information content (AvgIpc) is 3.16. The maximum absolute atomic E-state index is 11.4. The Morgan fingerprint density at radius 2 is 1.82 bits per heavy atom. The predicted octanol–water partition coefficient (Wildman–Crippen LogP) is 4.12. The van der Waals surface area contributed by atoms with E-state index in [4.69, 9.17) is 27.3 Å². The number of hydrogen-bond acceptors (Lipinski definition) is 9. The van der Waals surface area contributed by atoms with Crippen LogP contribution in [0, 0.1) is 0 Å². The first-order valence-corrected chi connectivity index (χ1v) is 12.1. The molecule has 6 N–H and O–H groups in total. The number of aromatic nitrogens is 2. The Labute approximate surface area is 204 Å². The van der Waals surface area contributed by atoms with Gasteiger partial charge >= 0.3 is 5.97 Å². The number of rotatable bonds is 7. The summed E-state index contributed by atoms with van der Waals surface area (Å²) >= 11 is 6.22. The number of halogens is 1. The number of carboxylic acid groups (broad SMARTS) is 1. The third-order valence-electron chi connectivity index (χ3n) is 6.15. The van der Waals surface area contributed by atoms with Gasteiger partial charge in [-0.15, -0.1) is 5.53 Å². The van der Waals surface area contributed by atoms with Crippen molar-refractivity contribution in [2.24, 2.45) is 5.73 Å². The second kappa shape index (κ2) is 9.81. The Morgan fingerprint density at radius 1 is 1.15 bits per heavy atom. The van der Waals surface area contributed by atoms with E-state index in [-0.39, 0.29) is 34.8 Å². The largest absolute Gasteiger partial charge is 0.478 e. The van der Waals surface area contributed by atoms with Crippen LogP contribution in [0.2, 0.25) is 5.02 Å². The van der Waals surface area contributed by atoms with E-state index in [1.165, 1.54) is 6.07 Å². The first-order chi connectivity index (χ1) is 16.1. The van der Waals surface area contributed by atoms with Crippen molar-refractivity contribution in [3.8, 4) is 0 Å². The van der Waals surface area contributed by atoms with E-state index in [9.17, 15) is 9.90 Å². The van der Waals surface area contributed by atoms with Crippen LogP contribution in [0.5, 0.6) is 0 Å². The minimum atomic E-state index is -1.07. The molecule has 1 saturated carbocycles. The zero-order chi connectivity index (χ0) is 24.6. The van der Waals surface area contributed by atoms with E-state index in [0.717, 1.165) is 37.2 Å². The predicted molar refractivity (Wildman–Crippen MR) is 136 cm³/mol. The van der Waals surface area contributed by atoms with E-state index in [0.29, 0.717) is 17.5 Å². The van der Waals surface area contributed by atoms with Gasteiger partial charge in [-0.1, -0.05) is 11.6 Å². The van der Waals surface area contributed by atoms with Crippen molar-refractivity contribution < 1.29 is 9.90 Å². The quantitative estimate of drug-likeness (QED) is 0.387. The van der Waals surface area contributed by atoms with Gasteiger partial charge in [0, 0.05) is 29.9 Å². The van der Waals surface area contributed by atoms with Crippen LogP contribution in [0.3, 0.4) is 0 Å². The Morgan fingerprint density at radius 3 is 2.41 bits per heavy atom. The highest BCUT2D eigenvalue weighted by Gasteiger charge is 2.35. The van der Waals surface area contributed by atoms with Gasteiger partial charge in [-0.05, 0) is 71.6 Å². The van der Waals surface area contributed by atoms with Gasteiger partial charge in [0.25, 0.3) is 0 Å². The van der Waals surface area contributed by atoms with E-state index >= 15 is 0 Å². The summed E-state index contributed by atoms with van der Waals surface area (Å²) in [5.74, 6) is 0.835. The van der Waals surface area contributed by atoms with Gasteiger partial charge in [0.15, 0.2) is 11.6 Å². The third-order valence-corrected chi connectivity index (χ3v) is 6.46. The van der Waals surface area contributed by atoms with Crippen LogP contribution in [-0.2, 0) is 0 Å². The summed E-state index contributed by atoms with van der Waals surface area (Å²) in [5.41, 5.74) is 11.0. The molecule has 0 bridgehead atoms. The highest BCUT2D eigenvalue weighted by Crippen LogP contribution is 2.41. The van der Waals surface area contributed by atoms with Gasteiger partial charge in [-0.25, -0.2) is 4.79 Å². The van der Waals surface area contributed by atoms with Crippen LogP contribution in [0.1, 0.15) is 63.7 Å². The minimum Gasteiger partial charge on any atom is -0.478 e. The van der Waals surface area contributed by atoms with E-state index in [1.54, 1.807) is 12.1 Å². The molecule has 0 spiro atoms. The summed E-state index contributed by atoms with van der Waals surface area (Å²) in [6.07, 6.45) is 3.90. The van der Waals surface area contributed by atoms with Crippen molar-refractivity contribution in [1.29, 1.82) is 0 Å². The number of nitrogens with zero attached hydrogens (tertiary/aromatic N) is 4. The van der Waals surface area contributed by atoms with Crippen LogP contribution in [0.25, 0.3) is 0 Å². The smallest absolute Gasteiger partial charge is 0.337 e. The summed E-state index contributed by atoms with van der Waals surface area (Å²) in [6, 6.07) is 5.56. The third kappa shape index (κ3) is 4.98. The molecule has 184 valence electrons. The number of carboxylic acids is 1. The Hall–Kier alpha value is -2.82. The molecule has 0 saturated heterocycles. The van der Waals surface area contributed by atoms with Crippen LogP contribution < -0.4 is 31.9 Å². The van der Waals surface area contributed by atoms with Crippen molar-refractivity contribution >= 4 is 46.5 Å². The molecule has 2 aliphatic rings. The lowest BCUT2D eigenvalue weighted by Gasteiger charge is -2.27. The van der Waals surface area contributed by atoms with Crippen molar-refractivity contribution in [3.05, 3.63) is 28.8 Å². The molecular weight excluding hydrogens is 456 g/mol. The monoisotopic (exact) mass is 488 g/mol. The number of benzene rings is 1. The second-order valence-electron chi connectivity index (χ2n) is 9.48. The highest BCUT2D eigenvalue weighted by molar-refractivity contribution is 6.33. The molecule has 2 aromatic rings. The summed E-state index contributed by atoms with van der Waals surface area (Å²) in [6.45, 7) is 8.35. The molecule has 4 rings (SSSR count). The lowest BCUT2D eigenvalue weighted by molar-refractivity contribution is 0.0697. The normalized spacial score (nSPS) is 20.1. The second-order valence-corrected chi connectivity index (χ2v) is 9.88. The number of aromatic carboxylic acids is 1. The van der Waals surface area contributed by atoms with Crippen molar-refractivity contribution in [2.75, 3.05) is 20.7 Å². The Bertz CT molecular complexity index is 1060. The number of carbonyl (C=O) groups is 1. The zero-order valence-corrected chi connectivity index (χ0v) is 20.7. The van der Waals surface area contributed by atoms with Crippen molar-refractivity contribution in [2.45, 2.75) is 77.5 Å². The van der Waals surface area contributed by atoms with Gasteiger partial charge in [0.1, 0.15) is 5.69 Å². The van der Waals surface area contributed by atoms with E-state index < -0.39 is 5.97 Å². The van der Waals surface area contributed by atoms with E-state index in [2.05, 4.69) is 43.9 Å². The summed E-state index contributed by atoms with van der Waals surface area (Å²) in [7, 11) is 0. The first-order valence-electron chi connectivity index (χ1n) is 11.7. The number of hydrogen-bond donors (Lipinski definition) is 5. The summed E-state index contributed by atoms with van der Waals surface area (Å²) in [5, 5.41) is 20.3. The molecule has 1 aromatic heterocycles. The van der Waals surface area contributed by atoms with Crippen LogP contribution in [0.4, 0.5) is 29.0 Å². The lowest BCUT2D eigenvalue weighted by atomic mass is 9.92. The summed E-state index contributed by atoms with van der Waals surface area (Å²) in [4.78, 5) is 21.1. The maximum Gasteiger partial charge on any atom is 0.337 e. The Balaban J connectivity index is 1.74. The molecule has 1 aliphatic heterocycles. The van der Waals surface area contributed by atoms with Gasteiger partial charge in [-0.2, -0.15) is 9.97 Å². The van der Waals surface area contributed by atoms with Crippen molar-refractivity contribution in [3.63, 3.8) is 0 Å². The van der Waals surface area contributed by atoms with Gasteiger partial charge in [-0.3, -0.25) is 10.0 Å². The molecule has 1 aromatic carbocycles. The van der Waals surface area contributed by atoms with Crippen LogP contribution in [-0.4, -0.2) is 45.2 Å². The number of hydrazine groups is 2. The molecule has 0 radical (unpaired) electrons. The molecule has 34 heavy (non-hydrogen) atoms. The molecule has 0 unspecified atom stereocenters. The molecule has 11 heteroatoms. The fourth-order valence-electron chi connectivity index (χ4n) is 4.28. The van der Waals surface area contributed by atoms with Crippen LogP contribution in [0.15, 0.2) is 18.2 Å². The minimum absolute atomic E-state index is 0.0504. The van der Waals surface area contributed by atoms with Crippen molar-refractivity contribution in [1.82, 2.24) is 15.5 Å². The number of nitrogens with two attached hydrogens (primary N) is 1. The number of nitrogens with one attached hydrogen (secondary N) is 3. The molecule has 0 amide bonds. The van der Waals surface area contributed by atoms with Gasteiger partial charge in [0.2, 0.25) is 5.95 Å². The standard InChI is InChI=1S/C23H33ClN8O2/c1-12(2)31-19-20(26-16-9-10-17(22(33)34)18(24)11-16)28-23(27-15-7-5-14(25)6-8-15)29-21(19)32(30-31)13(3)4/h9-15,30H,5-8,25H2,1-4H3,(H,33,34)(H2,26,27,28,29). The van der Waals surface area contributed by atoms with Gasteiger partial charge in [0.05, 0.1) is 10.6 Å². The van der Waals surface area contributed by atoms with E-state index in [1.807, 2.05) is 10.0 Å². The average molecular weight is 489 g/mol. The topological polar surface area (TPSA) is 132 Å². The van der Waals surface area contributed by atoms with Gasteiger partial charge < -0.3 is 21.5 Å². The molecule has 0 atom stereocenters. The molecule has 10 nitrogen and oxygen atoms in total.